The van der Waals surface area contributed by atoms with Crippen molar-refractivity contribution in [3.8, 4) is 11.5 Å². The molecule has 0 spiro atoms. The van der Waals surface area contributed by atoms with Crippen LogP contribution in [0.2, 0.25) is 0 Å². The van der Waals surface area contributed by atoms with Gasteiger partial charge in [0.25, 0.3) is 5.89 Å². The lowest BCUT2D eigenvalue weighted by molar-refractivity contribution is 0.382. The molecule has 0 saturated carbocycles. The van der Waals surface area contributed by atoms with E-state index in [0.29, 0.717) is 6.54 Å². The van der Waals surface area contributed by atoms with Crippen molar-refractivity contribution in [3.63, 3.8) is 0 Å². The molecule has 1 heterocycles. The van der Waals surface area contributed by atoms with Crippen LogP contribution in [0, 0.1) is 17.5 Å². The van der Waals surface area contributed by atoms with Gasteiger partial charge in [-0.25, -0.2) is 13.2 Å². The van der Waals surface area contributed by atoms with Gasteiger partial charge in [0.05, 0.1) is 12.1 Å². The van der Waals surface area contributed by atoms with Gasteiger partial charge in [-0.1, -0.05) is 0 Å². The number of hydrogen-bond acceptors (Lipinski definition) is 4. The lowest BCUT2D eigenvalue weighted by atomic mass is 10.1. The molecule has 0 atom stereocenters. The van der Waals surface area contributed by atoms with Crippen molar-refractivity contribution in [1.29, 1.82) is 0 Å². The normalized spacial score (nSPS) is 11.9. The largest absolute Gasteiger partial charge is 0.419 e. The quantitative estimate of drug-likeness (QED) is 0.881. The first-order chi connectivity index (χ1) is 9.28. The van der Waals surface area contributed by atoms with Crippen molar-refractivity contribution in [3.05, 3.63) is 35.5 Å². The molecule has 0 amide bonds. The van der Waals surface area contributed by atoms with E-state index in [1.807, 2.05) is 20.8 Å². The number of hydrogen-bond donors (Lipinski definition) is 1. The number of aromatic nitrogens is 2. The maximum Gasteiger partial charge on any atom is 0.250 e. The van der Waals surface area contributed by atoms with Crippen LogP contribution in [0.3, 0.4) is 0 Å². The highest BCUT2D eigenvalue weighted by atomic mass is 19.2. The van der Waals surface area contributed by atoms with Gasteiger partial charge in [-0.3, -0.25) is 0 Å². The molecule has 108 valence electrons. The zero-order valence-corrected chi connectivity index (χ0v) is 11.3. The summed E-state index contributed by atoms with van der Waals surface area (Å²) in [6, 6.07) is 1.87. The van der Waals surface area contributed by atoms with Gasteiger partial charge >= 0.3 is 0 Å². The van der Waals surface area contributed by atoms with Gasteiger partial charge in [-0.15, -0.1) is 10.2 Å². The van der Waals surface area contributed by atoms with Crippen LogP contribution >= 0.6 is 0 Å². The number of benzene rings is 1. The Morgan fingerprint density at radius 2 is 1.80 bits per heavy atom. The van der Waals surface area contributed by atoms with Crippen LogP contribution < -0.4 is 5.32 Å². The van der Waals surface area contributed by atoms with Crippen LogP contribution in [0.25, 0.3) is 11.5 Å². The minimum Gasteiger partial charge on any atom is -0.419 e. The van der Waals surface area contributed by atoms with Gasteiger partial charge in [-0.2, -0.15) is 0 Å². The molecule has 0 radical (unpaired) electrons. The maximum absolute atomic E-state index is 13.6. The van der Waals surface area contributed by atoms with E-state index in [2.05, 4.69) is 15.5 Å². The fourth-order valence-corrected chi connectivity index (χ4v) is 1.47. The topological polar surface area (TPSA) is 51.0 Å². The Balaban J connectivity index is 2.23. The standard InChI is InChI=1S/C13H14F3N3O/c1-13(2,3)17-6-9-18-19-12(20-9)7-4-5-8(14)11(16)10(7)15/h4-5,17H,6H2,1-3H3. The van der Waals surface area contributed by atoms with Gasteiger partial charge in [0.1, 0.15) is 0 Å². The zero-order chi connectivity index (χ0) is 14.9. The fourth-order valence-electron chi connectivity index (χ4n) is 1.47. The van der Waals surface area contributed by atoms with Crippen molar-refractivity contribution in [2.75, 3.05) is 0 Å². The summed E-state index contributed by atoms with van der Waals surface area (Å²) in [5, 5.41) is 10.5. The van der Waals surface area contributed by atoms with Crippen LogP contribution in [0.5, 0.6) is 0 Å². The minimum absolute atomic E-state index is 0.151. The molecule has 0 bridgehead atoms. The molecule has 0 aliphatic rings. The molecular weight excluding hydrogens is 271 g/mol. The Bertz CT molecular complexity index is 620. The Hall–Kier alpha value is -1.89. The molecule has 1 N–H and O–H groups in total. The molecule has 1 aromatic heterocycles. The fraction of sp³-hybridized carbons (Fsp3) is 0.385. The smallest absolute Gasteiger partial charge is 0.250 e. The van der Waals surface area contributed by atoms with Crippen molar-refractivity contribution >= 4 is 0 Å². The highest BCUT2D eigenvalue weighted by Crippen LogP contribution is 2.24. The summed E-state index contributed by atoms with van der Waals surface area (Å²) >= 11 is 0. The summed E-state index contributed by atoms with van der Waals surface area (Å²) in [7, 11) is 0. The van der Waals surface area contributed by atoms with E-state index in [-0.39, 0.29) is 22.9 Å². The second-order valence-electron chi connectivity index (χ2n) is 5.33. The SMILES string of the molecule is CC(C)(C)NCc1nnc(-c2ccc(F)c(F)c2F)o1. The van der Waals surface area contributed by atoms with Gasteiger partial charge in [-0.05, 0) is 32.9 Å². The monoisotopic (exact) mass is 285 g/mol. The number of rotatable bonds is 3. The molecule has 4 nitrogen and oxygen atoms in total. The average molecular weight is 285 g/mol. The summed E-state index contributed by atoms with van der Waals surface area (Å²) in [6.45, 7) is 6.17. The number of nitrogens with zero attached hydrogens (tertiary/aromatic N) is 2. The lowest BCUT2D eigenvalue weighted by Gasteiger charge is -2.18. The van der Waals surface area contributed by atoms with Crippen LogP contribution in [0.15, 0.2) is 16.5 Å². The zero-order valence-electron chi connectivity index (χ0n) is 11.3. The highest BCUT2D eigenvalue weighted by Gasteiger charge is 2.19. The first-order valence-electron chi connectivity index (χ1n) is 5.99. The number of nitrogens with one attached hydrogen (secondary N) is 1. The third-order valence-corrected chi connectivity index (χ3v) is 2.50. The molecule has 0 aliphatic heterocycles. The summed E-state index contributed by atoms with van der Waals surface area (Å²) in [5.41, 5.74) is -0.416. The van der Waals surface area contributed by atoms with Crippen LogP contribution in [0.1, 0.15) is 26.7 Å². The molecule has 0 unspecified atom stereocenters. The van der Waals surface area contributed by atoms with E-state index < -0.39 is 17.5 Å². The second-order valence-corrected chi connectivity index (χ2v) is 5.33. The Labute approximate surface area is 114 Å². The van der Waals surface area contributed by atoms with E-state index in [9.17, 15) is 13.2 Å². The predicted octanol–water partition coefficient (Wildman–Crippen LogP) is 3.04. The van der Waals surface area contributed by atoms with Gasteiger partial charge in [0, 0.05) is 5.54 Å². The third-order valence-electron chi connectivity index (χ3n) is 2.50. The molecule has 1 aromatic carbocycles. The summed E-state index contributed by atoms with van der Waals surface area (Å²) in [4.78, 5) is 0. The molecular formula is C13H14F3N3O. The Morgan fingerprint density at radius 3 is 2.45 bits per heavy atom. The molecule has 2 aromatic rings. The van der Waals surface area contributed by atoms with Crippen LogP contribution in [-0.2, 0) is 6.54 Å². The second kappa shape index (κ2) is 5.24. The van der Waals surface area contributed by atoms with Crippen molar-refractivity contribution < 1.29 is 17.6 Å². The van der Waals surface area contributed by atoms with Crippen molar-refractivity contribution in [1.82, 2.24) is 15.5 Å². The first kappa shape index (κ1) is 14.5. The molecule has 0 aliphatic carbocycles. The van der Waals surface area contributed by atoms with Crippen molar-refractivity contribution in [2.24, 2.45) is 0 Å². The van der Waals surface area contributed by atoms with Crippen molar-refractivity contribution in [2.45, 2.75) is 32.9 Å². The van der Waals surface area contributed by atoms with Gasteiger partial charge in [0.15, 0.2) is 17.5 Å². The minimum atomic E-state index is -1.56. The Kier molecular flexibility index (Phi) is 3.80. The third kappa shape index (κ3) is 3.16. The maximum atomic E-state index is 13.6. The van der Waals surface area contributed by atoms with E-state index in [0.717, 1.165) is 12.1 Å². The summed E-state index contributed by atoms with van der Waals surface area (Å²) < 4.78 is 44.8. The van der Waals surface area contributed by atoms with E-state index in [1.165, 1.54) is 0 Å². The molecule has 20 heavy (non-hydrogen) atoms. The lowest BCUT2D eigenvalue weighted by Crippen LogP contribution is -2.35. The van der Waals surface area contributed by atoms with E-state index >= 15 is 0 Å². The summed E-state index contributed by atoms with van der Waals surface area (Å²) in [6.07, 6.45) is 0. The Morgan fingerprint density at radius 1 is 1.10 bits per heavy atom. The molecule has 0 saturated heterocycles. The van der Waals surface area contributed by atoms with Gasteiger partial charge in [0.2, 0.25) is 5.89 Å². The van der Waals surface area contributed by atoms with Gasteiger partial charge < -0.3 is 9.73 Å². The molecule has 0 fully saturated rings. The first-order valence-corrected chi connectivity index (χ1v) is 5.99. The van der Waals surface area contributed by atoms with Crippen LogP contribution in [0.4, 0.5) is 13.2 Å². The summed E-state index contributed by atoms with van der Waals surface area (Å²) in [5.74, 6) is -4.12. The predicted molar refractivity (Wildman–Crippen MR) is 66.2 cm³/mol. The average Bonchev–Trinajstić information content (AvgIpc) is 2.81. The van der Waals surface area contributed by atoms with Crippen LogP contribution in [-0.4, -0.2) is 15.7 Å². The van der Waals surface area contributed by atoms with E-state index in [4.69, 9.17) is 4.42 Å². The van der Waals surface area contributed by atoms with E-state index in [1.54, 1.807) is 0 Å². The highest BCUT2D eigenvalue weighted by molar-refractivity contribution is 5.53. The number of halogens is 3. The molecule has 2 rings (SSSR count). The molecule has 7 heteroatoms.